The lowest BCUT2D eigenvalue weighted by molar-refractivity contribution is -0.192. The summed E-state index contributed by atoms with van der Waals surface area (Å²) in [4.78, 5) is 60.3. The normalized spacial score (nSPS) is 15.3. The van der Waals surface area contributed by atoms with Gasteiger partial charge in [0.25, 0.3) is 5.91 Å². The van der Waals surface area contributed by atoms with E-state index in [1.54, 1.807) is 0 Å². The molecule has 262 valence electrons. The molecule has 1 aliphatic heterocycles. The molecular weight excluding hydrogens is 661 g/mol. The Hall–Kier alpha value is -5.84. The number of phenolic OH excluding ortho intramolecular Hbond substituents is 4. The van der Waals surface area contributed by atoms with Gasteiger partial charge in [0.05, 0.1) is 29.3 Å². The SMILES string of the molecule is CCCCOC(=O)c1cccc(O)c1C(=O)c1c(O)cc(C(=O)O[C@@H]2CNC[C@H]2NC(=O)c2ccc(O)cc2)cc1O.O=C(O)C(F)(F)F. The van der Waals surface area contributed by atoms with E-state index in [2.05, 4.69) is 10.6 Å². The number of benzene rings is 3. The van der Waals surface area contributed by atoms with Gasteiger partial charge < -0.3 is 45.6 Å². The second-order valence-electron chi connectivity index (χ2n) is 10.4. The van der Waals surface area contributed by atoms with Gasteiger partial charge in [-0.15, -0.1) is 0 Å². The van der Waals surface area contributed by atoms with Crippen LogP contribution in [0.15, 0.2) is 54.6 Å². The molecule has 1 amide bonds. The number of carbonyl (C=O) groups excluding carboxylic acids is 4. The van der Waals surface area contributed by atoms with Gasteiger partial charge in [-0.25, -0.2) is 14.4 Å². The number of phenols is 4. The first kappa shape index (κ1) is 37.6. The number of ether oxygens (including phenoxy) is 2. The highest BCUT2D eigenvalue weighted by molar-refractivity contribution is 6.18. The lowest BCUT2D eigenvalue weighted by Gasteiger charge is -2.21. The van der Waals surface area contributed by atoms with Gasteiger partial charge in [0.15, 0.2) is 0 Å². The average Bonchev–Trinajstić information content (AvgIpc) is 3.46. The van der Waals surface area contributed by atoms with Crippen molar-refractivity contribution in [1.29, 1.82) is 0 Å². The minimum atomic E-state index is -5.08. The van der Waals surface area contributed by atoms with Gasteiger partial charge in [0.2, 0.25) is 5.78 Å². The number of ketones is 1. The molecule has 0 aromatic heterocycles. The van der Waals surface area contributed by atoms with E-state index in [1.165, 1.54) is 42.5 Å². The Morgan fingerprint density at radius 1 is 0.857 bits per heavy atom. The molecule has 0 spiro atoms. The molecule has 4 rings (SSSR count). The van der Waals surface area contributed by atoms with Gasteiger partial charge in [-0.3, -0.25) is 9.59 Å². The third kappa shape index (κ3) is 9.83. The summed E-state index contributed by atoms with van der Waals surface area (Å²) in [6.45, 7) is 2.52. The van der Waals surface area contributed by atoms with Crippen LogP contribution in [0.3, 0.4) is 0 Å². The zero-order chi connectivity index (χ0) is 36.5. The zero-order valence-electron chi connectivity index (χ0n) is 25.6. The maximum absolute atomic E-state index is 13.3. The third-order valence-electron chi connectivity index (χ3n) is 6.89. The molecule has 14 nitrogen and oxygen atoms in total. The van der Waals surface area contributed by atoms with Crippen LogP contribution in [0.2, 0.25) is 0 Å². The Morgan fingerprint density at radius 2 is 1.47 bits per heavy atom. The molecule has 1 aliphatic rings. The first-order valence-corrected chi connectivity index (χ1v) is 14.5. The van der Waals surface area contributed by atoms with E-state index >= 15 is 0 Å². The molecule has 3 aromatic carbocycles. The van der Waals surface area contributed by atoms with Crippen molar-refractivity contribution < 1.29 is 72.2 Å². The van der Waals surface area contributed by atoms with Crippen molar-refractivity contribution in [3.8, 4) is 23.0 Å². The van der Waals surface area contributed by atoms with E-state index in [-0.39, 0.29) is 30.0 Å². The van der Waals surface area contributed by atoms with E-state index in [0.717, 1.165) is 18.6 Å². The molecule has 49 heavy (non-hydrogen) atoms. The second-order valence-corrected chi connectivity index (χ2v) is 10.4. The summed E-state index contributed by atoms with van der Waals surface area (Å²) in [5.41, 5.74) is -1.37. The van der Waals surface area contributed by atoms with E-state index in [4.69, 9.17) is 19.4 Å². The van der Waals surface area contributed by atoms with Crippen LogP contribution in [0.5, 0.6) is 23.0 Å². The standard InChI is InChI=1S/C30H30N2O10.C2HF3O2/c1-2-3-11-41-30(40)19-5-4-6-21(34)25(19)27(37)26-22(35)12-17(13-23(26)36)29(39)42-24-15-31-14-20(24)32-28(38)16-7-9-18(33)10-8-16;3-2(4,5)1(6)7/h4-10,12-13,20,24,31,33-36H,2-3,11,14-15H2,1H3,(H,32,38);(H,6,7)/t20-,24-;/m1./s1. The monoisotopic (exact) mass is 692 g/mol. The minimum absolute atomic E-state index is 0.00559. The van der Waals surface area contributed by atoms with Gasteiger partial charge >= 0.3 is 24.1 Å². The quantitative estimate of drug-likeness (QED) is 0.0921. The van der Waals surface area contributed by atoms with E-state index in [0.29, 0.717) is 18.5 Å². The van der Waals surface area contributed by atoms with Crippen LogP contribution >= 0.6 is 0 Å². The van der Waals surface area contributed by atoms with Crippen molar-refractivity contribution in [2.75, 3.05) is 19.7 Å². The topological polar surface area (TPSA) is 229 Å². The van der Waals surface area contributed by atoms with Crippen molar-refractivity contribution in [2.45, 2.75) is 38.1 Å². The second kappa shape index (κ2) is 16.3. The number of hydrogen-bond acceptors (Lipinski definition) is 12. The first-order chi connectivity index (χ1) is 23.0. The van der Waals surface area contributed by atoms with Gasteiger partial charge in [-0.1, -0.05) is 19.4 Å². The number of aliphatic carboxylic acids is 1. The molecule has 7 N–H and O–H groups in total. The summed E-state index contributed by atoms with van der Waals surface area (Å²) >= 11 is 0. The van der Waals surface area contributed by atoms with Crippen LogP contribution in [-0.4, -0.2) is 93.1 Å². The summed E-state index contributed by atoms with van der Waals surface area (Å²) in [5.74, 6) is -8.22. The van der Waals surface area contributed by atoms with Crippen molar-refractivity contribution in [3.63, 3.8) is 0 Å². The number of esters is 2. The van der Waals surface area contributed by atoms with Crippen LogP contribution in [0.4, 0.5) is 13.2 Å². The zero-order valence-corrected chi connectivity index (χ0v) is 25.6. The fourth-order valence-corrected chi connectivity index (χ4v) is 4.42. The molecule has 2 atom stereocenters. The molecule has 0 saturated carbocycles. The van der Waals surface area contributed by atoms with Crippen LogP contribution in [0.1, 0.15) is 66.8 Å². The lowest BCUT2D eigenvalue weighted by Crippen LogP contribution is -2.44. The molecule has 1 fully saturated rings. The number of amides is 1. The van der Waals surface area contributed by atoms with Crippen molar-refractivity contribution in [1.82, 2.24) is 10.6 Å². The highest BCUT2D eigenvalue weighted by Crippen LogP contribution is 2.35. The number of rotatable bonds is 10. The van der Waals surface area contributed by atoms with Crippen LogP contribution in [0, 0.1) is 0 Å². The molecule has 3 aromatic rings. The molecule has 17 heteroatoms. The number of alkyl halides is 3. The van der Waals surface area contributed by atoms with Gasteiger partial charge in [0, 0.05) is 18.7 Å². The van der Waals surface area contributed by atoms with Gasteiger partial charge in [-0.2, -0.15) is 13.2 Å². The summed E-state index contributed by atoms with van der Waals surface area (Å²) < 4.78 is 42.4. The van der Waals surface area contributed by atoms with E-state index in [9.17, 15) is 52.8 Å². The lowest BCUT2D eigenvalue weighted by atomic mass is 9.95. The summed E-state index contributed by atoms with van der Waals surface area (Å²) in [5, 5.41) is 54.0. The highest BCUT2D eigenvalue weighted by atomic mass is 19.4. The largest absolute Gasteiger partial charge is 0.508 e. The number of carboxylic acids is 1. The summed E-state index contributed by atoms with van der Waals surface area (Å²) in [6, 6.07) is 10.6. The maximum atomic E-state index is 13.3. The van der Waals surface area contributed by atoms with Crippen molar-refractivity contribution >= 4 is 29.6 Å². The summed E-state index contributed by atoms with van der Waals surface area (Å²) in [7, 11) is 0. The van der Waals surface area contributed by atoms with Crippen LogP contribution in [-0.2, 0) is 14.3 Å². The molecule has 0 unspecified atom stereocenters. The minimum Gasteiger partial charge on any atom is -0.508 e. The molecule has 1 heterocycles. The summed E-state index contributed by atoms with van der Waals surface area (Å²) in [6.07, 6.45) is -4.52. The number of hydrogen-bond donors (Lipinski definition) is 7. The van der Waals surface area contributed by atoms with Gasteiger partial charge in [-0.05, 0) is 55.0 Å². The Labute approximate surface area is 275 Å². The molecular formula is C32H31F3N2O12. The molecule has 0 aliphatic carbocycles. The van der Waals surface area contributed by atoms with E-state index < -0.39 is 76.3 Å². The van der Waals surface area contributed by atoms with Crippen LogP contribution in [0.25, 0.3) is 0 Å². The van der Waals surface area contributed by atoms with Crippen molar-refractivity contribution in [3.05, 3.63) is 82.4 Å². The fourth-order valence-electron chi connectivity index (χ4n) is 4.42. The number of unbranched alkanes of at least 4 members (excludes halogenated alkanes) is 1. The number of carboxylic acid groups (broad SMARTS) is 1. The Morgan fingerprint density at radius 3 is 2.04 bits per heavy atom. The number of nitrogens with one attached hydrogen (secondary N) is 2. The predicted molar refractivity (Wildman–Crippen MR) is 162 cm³/mol. The Kier molecular flexibility index (Phi) is 12.5. The fraction of sp³-hybridized carbons (Fsp3) is 0.281. The average molecular weight is 693 g/mol. The number of aromatic hydroxyl groups is 4. The number of carbonyl (C=O) groups is 5. The predicted octanol–water partition coefficient (Wildman–Crippen LogP) is 3.26. The Bertz CT molecular complexity index is 1690. The Balaban J connectivity index is 0.000000838. The van der Waals surface area contributed by atoms with E-state index in [1.807, 2.05) is 6.92 Å². The molecule has 0 radical (unpaired) electrons. The maximum Gasteiger partial charge on any atom is 0.490 e. The molecule has 0 bridgehead atoms. The molecule has 1 saturated heterocycles. The highest BCUT2D eigenvalue weighted by Gasteiger charge is 2.38. The number of halogens is 3. The van der Waals surface area contributed by atoms with Crippen molar-refractivity contribution in [2.24, 2.45) is 0 Å². The van der Waals surface area contributed by atoms with Gasteiger partial charge in [0.1, 0.15) is 34.7 Å². The smallest absolute Gasteiger partial charge is 0.490 e. The third-order valence-corrected chi connectivity index (χ3v) is 6.89. The first-order valence-electron chi connectivity index (χ1n) is 14.5. The van der Waals surface area contributed by atoms with Crippen LogP contribution < -0.4 is 10.6 Å².